The molecule has 2 aromatic carbocycles. The molecule has 0 saturated carbocycles. The van der Waals surface area contributed by atoms with E-state index in [1.54, 1.807) is 17.4 Å². The molecule has 0 saturated heterocycles. The van der Waals surface area contributed by atoms with E-state index in [2.05, 4.69) is 59.0 Å². The van der Waals surface area contributed by atoms with Crippen LogP contribution in [0.1, 0.15) is 5.56 Å². The van der Waals surface area contributed by atoms with Crippen LogP contribution >= 0.6 is 23.6 Å². The number of nitrogens with zero attached hydrogens (tertiary/aromatic N) is 1. The lowest BCUT2D eigenvalue weighted by atomic mass is 10.1. The van der Waals surface area contributed by atoms with Gasteiger partial charge in [0.2, 0.25) is 0 Å². The number of benzene rings is 2. The highest BCUT2D eigenvalue weighted by Crippen LogP contribution is 2.29. The Labute approximate surface area is 157 Å². The van der Waals surface area contributed by atoms with E-state index >= 15 is 0 Å². The fourth-order valence-electron chi connectivity index (χ4n) is 2.37. The molecule has 3 rings (SSSR count). The number of rotatable bonds is 6. The van der Waals surface area contributed by atoms with Crippen molar-refractivity contribution in [2.75, 3.05) is 6.54 Å². The van der Waals surface area contributed by atoms with Gasteiger partial charge in [-0.3, -0.25) is 0 Å². The summed E-state index contributed by atoms with van der Waals surface area (Å²) in [6, 6.07) is 18.6. The molecule has 0 atom stereocenters. The molecule has 0 aliphatic carbocycles. The molecule has 0 amide bonds. The van der Waals surface area contributed by atoms with Crippen LogP contribution in [-0.4, -0.2) is 16.6 Å². The zero-order valence-corrected chi connectivity index (χ0v) is 15.4. The first-order valence-electron chi connectivity index (χ1n) is 7.99. The van der Waals surface area contributed by atoms with Crippen LogP contribution in [0, 0.1) is 0 Å². The minimum atomic E-state index is 0.630. The largest absolute Gasteiger partial charge is 0.359 e. The number of aromatic nitrogens is 1. The molecule has 2 N–H and O–H groups in total. The fraction of sp³-hybridized carbons (Fsp3) is 0.100. The molecule has 25 heavy (non-hydrogen) atoms. The van der Waals surface area contributed by atoms with E-state index in [4.69, 9.17) is 17.2 Å². The van der Waals surface area contributed by atoms with Crippen LogP contribution in [0.5, 0.6) is 0 Å². The summed E-state index contributed by atoms with van der Waals surface area (Å²) in [6.07, 6.45) is 1.78. The highest BCUT2D eigenvalue weighted by molar-refractivity contribution is 7.80. The van der Waals surface area contributed by atoms with Crippen LogP contribution in [0.15, 0.2) is 72.6 Å². The molecule has 1 heterocycles. The number of hydrogen-bond acceptors (Lipinski definition) is 3. The van der Waals surface area contributed by atoms with Gasteiger partial charge in [0.1, 0.15) is 5.01 Å². The second-order valence-corrected chi connectivity index (χ2v) is 6.72. The molecular weight excluding hydrogens is 346 g/mol. The summed E-state index contributed by atoms with van der Waals surface area (Å²) in [6.45, 7) is 5.00. The molecule has 0 aliphatic heterocycles. The maximum Gasteiger partial charge on any atom is 0.166 e. The Morgan fingerprint density at radius 2 is 1.88 bits per heavy atom. The molecule has 126 valence electrons. The van der Waals surface area contributed by atoms with Gasteiger partial charge in [-0.2, -0.15) is 0 Å². The van der Waals surface area contributed by atoms with Crippen molar-refractivity contribution in [1.82, 2.24) is 15.6 Å². The number of thiocarbonyl (C=S) groups is 1. The number of thiazole rings is 1. The molecule has 0 bridgehead atoms. The lowest BCUT2D eigenvalue weighted by molar-refractivity contribution is 0.873. The SMILES string of the molecule is C=CCNC(=S)NCc1cccc(-c2nc(-c3ccccc3)cs2)c1. The van der Waals surface area contributed by atoms with Crippen LogP contribution in [0.25, 0.3) is 21.8 Å². The van der Waals surface area contributed by atoms with Gasteiger partial charge in [0.05, 0.1) is 5.69 Å². The van der Waals surface area contributed by atoms with Crippen LogP contribution in [0.4, 0.5) is 0 Å². The van der Waals surface area contributed by atoms with Gasteiger partial charge >= 0.3 is 0 Å². The zero-order valence-electron chi connectivity index (χ0n) is 13.7. The third-order valence-corrected chi connectivity index (χ3v) is 4.79. The number of hydrogen-bond donors (Lipinski definition) is 2. The summed E-state index contributed by atoms with van der Waals surface area (Å²) in [7, 11) is 0. The van der Waals surface area contributed by atoms with Crippen molar-refractivity contribution in [2.24, 2.45) is 0 Å². The minimum absolute atomic E-state index is 0.630. The van der Waals surface area contributed by atoms with Gasteiger partial charge < -0.3 is 10.6 Å². The van der Waals surface area contributed by atoms with E-state index in [-0.39, 0.29) is 0 Å². The van der Waals surface area contributed by atoms with Gasteiger partial charge in [-0.15, -0.1) is 17.9 Å². The molecule has 3 nitrogen and oxygen atoms in total. The predicted molar refractivity (Wildman–Crippen MR) is 111 cm³/mol. The zero-order chi connectivity index (χ0) is 17.5. The monoisotopic (exact) mass is 365 g/mol. The Hall–Kier alpha value is -2.50. The molecule has 0 radical (unpaired) electrons. The Morgan fingerprint density at radius 3 is 2.68 bits per heavy atom. The van der Waals surface area contributed by atoms with E-state index in [9.17, 15) is 0 Å². The fourth-order valence-corrected chi connectivity index (χ4v) is 3.35. The molecule has 0 unspecified atom stereocenters. The molecule has 0 spiro atoms. The smallest absolute Gasteiger partial charge is 0.166 e. The lowest BCUT2D eigenvalue weighted by Gasteiger charge is -2.09. The van der Waals surface area contributed by atoms with E-state index in [0.717, 1.165) is 27.4 Å². The van der Waals surface area contributed by atoms with E-state index in [0.29, 0.717) is 18.2 Å². The highest BCUT2D eigenvalue weighted by atomic mass is 32.1. The summed E-state index contributed by atoms with van der Waals surface area (Å²) >= 11 is 6.88. The summed E-state index contributed by atoms with van der Waals surface area (Å²) in [5, 5.41) is 10.0. The van der Waals surface area contributed by atoms with Gasteiger partial charge in [-0.1, -0.05) is 54.6 Å². The van der Waals surface area contributed by atoms with Crippen LogP contribution in [0.3, 0.4) is 0 Å². The van der Waals surface area contributed by atoms with Crippen LogP contribution in [0.2, 0.25) is 0 Å². The first-order chi connectivity index (χ1) is 12.3. The predicted octanol–water partition coefficient (Wildman–Crippen LogP) is 4.63. The number of nitrogens with one attached hydrogen (secondary N) is 2. The van der Waals surface area contributed by atoms with Crippen molar-refractivity contribution < 1.29 is 0 Å². The Kier molecular flexibility index (Phi) is 5.93. The topological polar surface area (TPSA) is 37.0 Å². The van der Waals surface area contributed by atoms with Gasteiger partial charge in [-0.05, 0) is 23.8 Å². The van der Waals surface area contributed by atoms with Crippen LogP contribution in [-0.2, 0) is 6.54 Å². The van der Waals surface area contributed by atoms with Crippen molar-refractivity contribution in [2.45, 2.75) is 6.54 Å². The van der Waals surface area contributed by atoms with Gasteiger partial charge in [-0.25, -0.2) is 4.98 Å². The third-order valence-electron chi connectivity index (χ3n) is 3.61. The Morgan fingerprint density at radius 1 is 1.08 bits per heavy atom. The molecule has 5 heteroatoms. The summed E-state index contributed by atoms with van der Waals surface area (Å²) < 4.78 is 0. The van der Waals surface area contributed by atoms with Gasteiger partial charge in [0, 0.05) is 29.6 Å². The molecular formula is C20H19N3S2. The normalized spacial score (nSPS) is 10.2. The minimum Gasteiger partial charge on any atom is -0.359 e. The second kappa shape index (κ2) is 8.55. The summed E-state index contributed by atoms with van der Waals surface area (Å²) in [4.78, 5) is 4.78. The molecule has 3 aromatic rings. The second-order valence-electron chi connectivity index (χ2n) is 5.46. The van der Waals surface area contributed by atoms with Crippen molar-refractivity contribution >= 4 is 28.7 Å². The third kappa shape index (κ3) is 4.75. The maximum atomic E-state index is 5.22. The van der Waals surface area contributed by atoms with Crippen molar-refractivity contribution in [3.63, 3.8) is 0 Å². The molecule has 0 fully saturated rings. The van der Waals surface area contributed by atoms with Crippen LogP contribution < -0.4 is 10.6 Å². The Balaban J connectivity index is 1.70. The van der Waals surface area contributed by atoms with Crippen molar-refractivity contribution in [1.29, 1.82) is 0 Å². The quantitative estimate of drug-likeness (QED) is 0.493. The average molecular weight is 366 g/mol. The van der Waals surface area contributed by atoms with Crippen molar-refractivity contribution in [3.8, 4) is 21.8 Å². The lowest BCUT2D eigenvalue weighted by Crippen LogP contribution is -2.34. The molecule has 0 aliphatic rings. The first kappa shape index (κ1) is 17.3. The average Bonchev–Trinajstić information content (AvgIpc) is 3.16. The summed E-state index contributed by atoms with van der Waals surface area (Å²) in [5.74, 6) is 0. The van der Waals surface area contributed by atoms with E-state index in [1.807, 2.05) is 18.2 Å². The Bertz CT molecular complexity index is 856. The first-order valence-corrected chi connectivity index (χ1v) is 9.28. The summed E-state index contributed by atoms with van der Waals surface area (Å²) in [5.41, 5.74) is 4.44. The maximum absolute atomic E-state index is 5.22. The molecule has 1 aromatic heterocycles. The van der Waals surface area contributed by atoms with E-state index in [1.165, 1.54) is 0 Å². The van der Waals surface area contributed by atoms with Gasteiger partial charge in [0.25, 0.3) is 0 Å². The highest BCUT2D eigenvalue weighted by Gasteiger charge is 2.07. The van der Waals surface area contributed by atoms with E-state index < -0.39 is 0 Å². The van der Waals surface area contributed by atoms with Gasteiger partial charge in [0.15, 0.2) is 5.11 Å². The van der Waals surface area contributed by atoms with Crippen molar-refractivity contribution in [3.05, 3.63) is 78.2 Å². The standard InChI is InChI=1S/C20H19N3S2/c1-2-11-21-20(24)22-13-15-7-6-10-17(12-15)19-23-18(14-25-19)16-8-4-3-5-9-16/h2-10,12,14H,1,11,13H2,(H2,21,22,24).